The highest BCUT2D eigenvalue weighted by Crippen LogP contribution is 2.31. The van der Waals surface area contributed by atoms with E-state index in [9.17, 15) is 4.79 Å². The van der Waals surface area contributed by atoms with Crippen molar-refractivity contribution in [3.05, 3.63) is 78.2 Å². The lowest BCUT2D eigenvalue weighted by molar-refractivity contribution is 0.262. The number of benzene rings is 3. The number of anilines is 2. The van der Waals surface area contributed by atoms with Crippen LogP contribution in [0, 0.1) is 12.3 Å². The SMILES string of the molecule is C#CCOc1cc(NC(=O)Nc2ccc3ccccc3c2)cc(-c2cccs2)c1. The van der Waals surface area contributed by atoms with E-state index in [0.29, 0.717) is 11.4 Å². The lowest BCUT2D eigenvalue weighted by atomic mass is 10.1. The number of nitrogens with one attached hydrogen (secondary N) is 2. The van der Waals surface area contributed by atoms with Gasteiger partial charge in [0.25, 0.3) is 0 Å². The number of amides is 2. The molecular formula is C24H18N2O2S. The Morgan fingerprint density at radius 2 is 1.76 bits per heavy atom. The summed E-state index contributed by atoms with van der Waals surface area (Å²) in [7, 11) is 0. The van der Waals surface area contributed by atoms with Crippen molar-refractivity contribution in [2.45, 2.75) is 0 Å². The molecule has 0 aliphatic heterocycles. The van der Waals surface area contributed by atoms with Crippen molar-refractivity contribution in [2.75, 3.05) is 17.2 Å². The molecule has 0 saturated carbocycles. The Hall–Kier alpha value is -3.75. The number of rotatable bonds is 5. The monoisotopic (exact) mass is 398 g/mol. The second-order valence-corrected chi connectivity index (χ2v) is 7.30. The van der Waals surface area contributed by atoms with E-state index in [2.05, 4.69) is 16.6 Å². The first-order valence-corrected chi connectivity index (χ1v) is 9.91. The largest absolute Gasteiger partial charge is 0.481 e. The molecule has 5 heteroatoms. The summed E-state index contributed by atoms with van der Waals surface area (Å²) in [6.07, 6.45) is 5.30. The number of hydrogen-bond donors (Lipinski definition) is 2. The summed E-state index contributed by atoms with van der Waals surface area (Å²) in [6.45, 7) is 0.163. The Kier molecular flexibility index (Phi) is 5.46. The first-order chi connectivity index (χ1) is 14.2. The Balaban J connectivity index is 1.54. The molecule has 4 nitrogen and oxygen atoms in total. The Bertz CT molecular complexity index is 1190. The number of hydrogen-bond acceptors (Lipinski definition) is 3. The van der Waals surface area contributed by atoms with Crippen molar-refractivity contribution in [2.24, 2.45) is 0 Å². The molecule has 1 aromatic heterocycles. The fourth-order valence-corrected chi connectivity index (χ4v) is 3.74. The van der Waals surface area contributed by atoms with Gasteiger partial charge in [-0.05, 0) is 52.0 Å². The fourth-order valence-electron chi connectivity index (χ4n) is 3.03. The Morgan fingerprint density at radius 1 is 0.931 bits per heavy atom. The highest BCUT2D eigenvalue weighted by Gasteiger charge is 2.09. The zero-order valence-electron chi connectivity index (χ0n) is 15.5. The minimum atomic E-state index is -0.327. The van der Waals surface area contributed by atoms with Gasteiger partial charge < -0.3 is 15.4 Å². The predicted molar refractivity (Wildman–Crippen MR) is 121 cm³/mol. The number of thiophene rings is 1. The maximum atomic E-state index is 12.5. The third-order valence-electron chi connectivity index (χ3n) is 4.30. The molecule has 2 amide bonds. The van der Waals surface area contributed by atoms with Crippen molar-refractivity contribution in [3.8, 4) is 28.5 Å². The van der Waals surface area contributed by atoms with Crippen molar-refractivity contribution >= 4 is 39.5 Å². The molecule has 1 heterocycles. The normalized spacial score (nSPS) is 10.3. The topological polar surface area (TPSA) is 50.4 Å². The summed E-state index contributed by atoms with van der Waals surface area (Å²) >= 11 is 1.62. The highest BCUT2D eigenvalue weighted by molar-refractivity contribution is 7.13. The van der Waals surface area contributed by atoms with E-state index in [0.717, 1.165) is 26.9 Å². The first-order valence-electron chi connectivity index (χ1n) is 9.03. The van der Waals surface area contributed by atoms with Crippen molar-refractivity contribution in [1.29, 1.82) is 0 Å². The van der Waals surface area contributed by atoms with E-state index >= 15 is 0 Å². The maximum absolute atomic E-state index is 12.5. The van der Waals surface area contributed by atoms with Crippen LogP contribution in [0.15, 0.2) is 78.2 Å². The van der Waals surface area contributed by atoms with E-state index in [-0.39, 0.29) is 12.6 Å². The number of carbonyl (C=O) groups is 1. The Morgan fingerprint density at radius 3 is 2.55 bits per heavy atom. The second-order valence-electron chi connectivity index (χ2n) is 6.36. The minimum Gasteiger partial charge on any atom is -0.481 e. The van der Waals surface area contributed by atoms with Crippen LogP contribution < -0.4 is 15.4 Å². The predicted octanol–water partition coefficient (Wildman–Crippen LogP) is 6.22. The third-order valence-corrected chi connectivity index (χ3v) is 5.22. The second kappa shape index (κ2) is 8.51. The van der Waals surface area contributed by atoms with Gasteiger partial charge in [0.2, 0.25) is 0 Å². The summed E-state index contributed by atoms with van der Waals surface area (Å²) in [5.74, 6) is 3.06. The molecule has 0 spiro atoms. The van der Waals surface area contributed by atoms with Gasteiger partial charge in [-0.1, -0.05) is 42.3 Å². The summed E-state index contributed by atoms with van der Waals surface area (Å²) in [6, 6.07) is 23.1. The molecule has 0 bridgehead atoms. The van der Waals surface area contributed by atoms with Gasteiger partial charge in [-0.15, -0.1) is 17.8 Å². The number of fused-ring (bicyclic) bond motifs is 1. The van der Waals surface area contributed by atoms with E-state index < -0.39 is 0 Å². The molecule has 29 heavy (non-hydrogen) atoms. The van der Waals surface area contributed by atoms with Gasteiger partial charge in [0.15, 0.2) is 0 Å². The molecule has 2 N–H and O–H groups in total. The summed E-state index contributed by atoms with van der Waals surface area (Å²) in [5.41, 5.74) is 2.30. The zero-order chi connectivity index (χ0) is 20.1. The number of ether oxygens (including phenoxy) is 1. The van der Waals surface area contributed by atoms with Gasteiger partial charge in [0, 0.05) is 22.3 Å². The van der Waals surface area contributed by atoms with Crippen LogP contribution in [0.2, 0.25) is 0 Å². The number of terminal acetylenes is 1. The molecule has 4 rings (SSSR count). The van der Waals surface area contributed by atoms with E-state index in [1.54, 1.807) is 17.4 Å². The summed E-state index contributed by atoms with van der Waals surface area (Å²) in [4.78, 5) is 13.6. The van der Waals surface area contributed by atoms with Crippen LogP contribution in [-0.4, -0.2) is 12.6 Å². The van der Waals surface area contributed by atoms with Crippen molar-refractivity contribution in [1.82, 2.24) is 0 Å². The van der Waals surface area contributed by atoms with E-state index in [4.69, 9.17) is 11.2 Å². The molecule has 0 saturated heterocycles. The van der Waals surface area contributed by atoms with Gasteiger partial charge in [-0.25, -0.2) is 4.79 Å². The quantitative estimate of drug-likeness (QED) is 0.392. The average Bonchev–Trinajstić information content (AvgIpc) is 3.27. The van der Waals surface area contributed by atoms with Crippen LogP contribution in [0.3, 0.4) is 0 Å². The first kappa shape index (κ1) is 18.6. The average molecular weight is 398 g/mol. The molecule has 0 atom stereocenters. The van der Waals surface area contributed by atoms with Gasteiger partial charge in [0.05, 0.1) is 0 Å². The molecular weight excluding hydrogens is 380 g/mol. The van der Waals surface area contributed by atoms with E-state index in [1.807, 2.05) is 72.1 Å². The molecule has 0 radical (unpaired) electrons. The lowest BCUT2D eigenvalue weighted by Gasteiger charge is -2.12. The summed E-state index contributed by atoms with van der Waals surface area (Å²) < 4.78 is 5.58. The van der Waals surface area contributed by atoms with Gasteiger partial charge in [-0.2, -0.15) is 0 Å². The number of urea groups is 1. The van der Waals surface area contributed by atoms with Crippen LogP contribution in [0.25, 0.3) is 21.2 Å². The van der Waals surface area contributed by atoms with Gasteiger partial charge >= 0.3 is 6.03 Å². The van der Waals surface area contributed by atoms with Crippen molar-refractivity contribution in [3.63, 3.8) is 0 Å². The lowest BCUT2D eigenvalue weighted by Crippen LogP contribution is -2.19. The minimum absolute atomic E-state index is 0.163. The smallest absolute Gasteiger partial charge is 0.323 e. The molecule has 0 fully saturated rings. The third kappa shape index (κ3) is 4.57. The van der Waals surface area contributed by atoms with Gasteiger partial charge in [0.1, 0.15) is 12.4 Å². The number of carbonyl (C=O) groups excluding carboxylic acids is 1. The van der Waals surface area contributed by atoms with Crippen LogP contribution >= 0.6 is 11.3 Å². The van der Waals surface area contributed by atoms with Crippen LogP contribution in [-0.2, 0) is 0 Å². The molecule has 0 aliphatic rings. The molecule has 142 valence electrons. The van der Waals surface area contributed by atoms with Crippen LogP contribution in [0.4, 0.5) is 16.2 Å². The maximum Gasteiger partial charge on any atom is 0.323 e. The molecule has 4 aromatic rings. The van der Waals surface area contributed by atoms with Gasteiger partial charge in [-0.3, -0.25) is 0 Å². The zero-order valence-corrected chi connectivity index (χ0v) is 16.3. The Labute approximate surface area is 173 Å². The standard InChI is InChI=1S/C24H18N2O2S/c1-2-11-28-22-15-19(23-8-5-12-29-23)14-21(16-22)26-24(27)25-20-10-9-17-6-3-4-7-18(17)13-20/h1,3-10,12-16H,11H2,(H2,25,26,27). The van der Waals surface area contributed by atoms with E-state index in [1.165, 1.54) is 0 Å². The highest BCUT2D eigenvalue weighted by atomic mass is 32.1. The summed E-state index contributed by atoms with van der Waals surface area (Å²) in [5, 5.41) is 9.95. The van der Waals surface area contributed by atoms with Crippen LogP contribution in [0.1, 0.15) is 0 Å². The van der Waals surface area contributed by atoms with Crippen molar-refractivity contribution < 1.29 is 9.53 Å². The fraction of sp³-hybridized carbons (Fsp3) is 0.0417. The van der Waals surface area contributed by atoms with Crippen LogP contribution in [0.5, 0.6) is 5.75 Å². The molecule has 0 aliphatic carbocycles. The molecule has 0 unspecified atom stereocenters. The molecule has 3 aromatic carbocycles.